The van der Waals surface area contributed by atoms with Gasteiger partial charge in [-0.3, -0.25) is 18.8 Å². The second kappa shape index (κ2) is 8.22. The van der Waals surface area contributed by atoms with Crippen LogP contribution in [-0.2, 0) is 19.1 Å². The van der Waals surface area contributed by atoms with Crippen molar-refractivity contribution in [2.45, 2.75) is 91.1 Å². The van der Waals surface area contributed by atoms with Gasteiger partial charge >= 0.3 is 5.97 Å². The molecule has 4 aliphatic rings. The minimum absolute atomic E-state index is 0.0107. The number of Topliss-reactive ketones (excluding diaryl/α,β-unsaturated/α-hetero) is 1. The molecule has 2 fully saturated rings. The Bertz CT molecular complexity index is 888. The predicted molar refractivity (Wildman–Crippen MR) is 121 cm³/mol. The monoisotopic (exact) mass is 444 g/mol. The fourth-order valence-electron chi connectivity index (χ4n) is 7.84. The lowest BCUT2D eigenvalue weighted by molar-refractivity contribution is -0.187. The molecule has 0 radical (unpaired) electrons. The van der Waals surface area contributed by atoms with E-state index in [9.17, 15) is 18.8 Å². The first-order chi connectivity index (χ1) is 15.1. The Morgan fingerprint density at radius 3 is 2.53 bits per heavy atom. The smallest absolute Gasteiger partial charge is 0.306 e. The lowest BCUT2D eigenvalue weighted by Crippen LogP contribution is -2.58. The van der Waals surface area contributed by atoms with Crippen molar-refractivity contribution in [3.63, 3.8) is 0 Å². The molecule has 0 amide bonds. The van der Waals surface area contributed by atoms with E-state index in [0.29, 0.717) is 37.5 Å². The summed E-state index contributed by atoms with van der Waals surface area (Å²) in [6.07, 6.45) is 9.85. The maximum atomic E-state index is 13.0. The zero-order chi connectivity index (χ0) is 23.3. The molecule has 176 valence electrons. The lowest BCUT2D eigenvalue weighted by atomic mass is 9.47. The highest BCUT2D eigenvalue weighted by Gasteiger charge is 2.67. The SMILES string of the molecule is CC(=O)C1(OC(=O)CCCCF)CCC2C3C=C(C)C4=CC(=O)CCC4(C)C3CCC21C. The second-order valence-electron chi connectivity index (χ2n) is 11.1. The third-order valence-electron chi connectivity index (χ3n) is 9.57. The van der Waals surface area contributed by atoms with Crippen molar-refractivity contribution >= 4 is 17.5 Å². The number of rotatable bonds is 6. The zero-order valence-corrected chi connectivity index (χ0v) is 20.0. The first-order valence-electron chi connectivity index (χ1n) is 12.3. The molecule has 0 aromatic rings. The average Bonchev–Trinajstić information content (AvgIpc) is 3.03. The van der Waals surface area contributed by atoms with Gasteiger partial charge in [0.25, 0.3) is 0 Å². The van der Waals surface area contributed by atoms with Crippen LogP contribution in [-0.4, -0.2) is 29.8 Å². The van der Waals surface area contributed by atoms with Crippen LogP contribution in [0.5, 0.6) is 0 Å². The Kier molecular flexibility index (Phi) is 6.00. The van der Waals surface area contributed by atoms with Gasteiger partial charge in [0.1, 0.15) is 0 Å². The van der Waals surface area contributed by atoms with Crippen molar-refractivity contribution in [3.05, 3.63) is 23.3 Å². The third kappa shape index (κ3) is 3.33. The first kappa shape index (κ1) is 23.4. The van der Waals surface area contributed by atoms with E-state index in [0.717, 1.165) is 25.7 Å². The molecule has 4 rings (SSSR count). The molecule has 0 aromatic heterocycles. The van der Waals surface area contributed by atoms with E-state index >= 15 is 0 Å². The van der Waals surface area contributed by atoms with Crippen molar-refractivity contribution < 1.29 is 23.5 Å². The van der Waals surface area contributed by atoms with Gasteiger partial charge in [0, 0.05) is 18.3 Å². The van der Waals surface area contributed by atoms with Crippen LogP contribution in [0.2, 0.25) is 0 Å². The molecule has 2 saturated carbocycles. The summed E-state index contributed by atoms with van der Waals surface area (Å²) >= 11 is 0. The Morgan fingerprint density at radius 2 is 1.84 bits per heavy atom. The van der Waals surface area contributed by atoms with E-state index in [-0.39, 0.29) is 35.3 Å². The van der Waals surface area contributed by atoms with Crippen LogP contribution in [0, 0.1) is 28.6 Å². The summed E-state index contributed by atoms with van der Waals surface area (Å²) < 4.78 is 18.5. The molecule has 0 spiro atoms. The van der Waals surface area contributed by atoms with Crippen molar-refractivity contribution in [1.82, 2.24) is 0 Å². The van der Waals surface area contributed by atoms with Crippen LogP contribution >= 0.6 is 0 Å². The van der Waals surface area contributed by atoms with E-state index in [4.69, 9.17) is 4.74 Å². The molecule has 0 bridgehead atoms. The van der Waals surface area contributed by atoms with Crippen LogP contribution < -0.4 is 0 Å². The normalized spacial score (nSPS) is 40.5. The highest BCUT2D eigenvalue weighted by atomic mass is 19.1. The van der Waals surface area contributed by atoms with Crippen molar-refractivity contribution in [3.8, 4) is 0 Å². The maximum absolute atomic E-state index is 13.0. The first-order valence-corrected chi connectivity index (χ1v) is 12.3. The van der Waals surface area contributed by atoms with Crippen LogP contribution in [0.3, 0.4) is 0 Å². The standard InChI is InChI=1S/C27H37FO4/c1-17-15-20-21(25(3)11-8-19(30)16-23(17)25)9-12-26(4)22(20)10-13-27(26,18(2)29)32-24(31)7-5-6-14-28/h15-16,20-22H,5-14H2,1-4H3. The number of carbonyl (C=O) groups is 3. The maximum Gasteiger partial charge on any atom is 0.306 e. The number of ketones is 2. The number of unbranched alkanes of at least 4 members (excludes halogenated alkanes) is 1. The molecule has 4 nitrogen and oxygen atoms in total. The molecular formula is C27H37FO4. The fraction of sp³-hybridized carbons (Fsp3) is 0.741. The van der Waals surface area contributed by atoms with Crippen molar-refractivity contribution in [1.29, 1.82) is 0 Å². The topological polar surface area (TPSA) is 60.4 Å². The Hall–Kier alpha value is -1.78. The molecule has 6 atom stereocenters. The van der Waals surface area contributed by atoms with Gasteiger partial charge in [0.05, 0.1) is 6.67 Å². The van der Waals surface area contributed by atoms with Gasteiger partial charge in [-0.15, -0.1) is 0 Å². The van der Waals surface area contributed by atoms with Crippen LogP contribution in [0.1, 0.15) is 85.5 Å². The van der Waals surface area contributed by atoms with Crippen molar-refractivity contribution in [2.24, 2.45) is 28.6 Å². The third-order valence-corrected chi connectivity index (χ3v) is 9.57. The number of hydrogen-bond acceptors (Lipinski definition) is 4. The highest BCUT2D eigenvalue weighted by molar-refractivity contribution is 5.92. The van der Waals surface area contributed by atoms with E-state index < -0.39 is 17.7 Å². The van der Waals surface area contributed by atoms with Crippen LogP contribution in [0.25, 0.3) is 0 Å². The molecule has 6 unspecified atom stereocenters. The summed E-state index contributed by atoms with van der Waals surface area (Å²) in [6, 6.07) is 0. The van der Waals surface area contributed by atoms with Gasteiger partial charge in [-0.05, 0) is 93.6 Å². The summed E-state index contributed by atoms with van der Waals surface area (Å²) in [5, 5.41) is 0. The quantitative estimate of drug-likeness (QED) is 0.390. The molecule has 5 heteroatoms. The fourth-order valence-corrected chi connectivity index (χ4v) is 7.84. The van der Waals surface area contributed by atoms with E-state index in [2.05, 4.69) is 26.8 Å². The Balaban J connectivity index is 1.67. The highest BCUT2D eigenvalue weighted by Crippen LogP contribution is 2.67. The second-order valence-corrected chi connectivity index (χ2v) is 11.1. The van der Waals surface area contributed by atoms with Gasteiger partial charge in [-0.25, -0.2) is 0 Å². The zero-order valence-electron chi connectivity index (χ0n) is 20.0. The number of allylic oxidation sites excluding steroid dienone is 4. The minimum atomic E-state index is -1.09. The number of halogens is 1. The summed E-state index contributed by atoms with van der Waals surface area (Å²) in [5.74, 6) is 0.791. The van der Waals surface area contributed by atoms with E-state index in [1.165, 1.54) is 11.1 Å². The number of esters is 1. The predicted octanol–water partition coefficient (Wildman–Crippen LogP) is 5.70. The molecule has 0 aliphatic heterocycles. The number of hydrogen-bond donors (Lipinski definition) is 0. The molecule has 0 heterocycles. The van der Waals surface area contributed by atoms with E-state index in [1.807, 2.05) is 6.08 Å². The molecule has 0 saturated heterocycles. The van der Waals surface area contributed by atoms with Gasteiger partial charge in [-0.1, -0.05) is 25.5 Å². The Labute approximate surface area is 191 Å². The lowest BCUT2D eigenvalue weighted by Gasteiger charge is -2.58. The van der Waals surface area contributed by atoms with Gasteiger partial charge in [0.15, 0.2) is 17.2 Å². The Morgan fingerprint density at radius 1 is 1.12 bits per heavy atom. The summed E-state index contributed by atoms with van der Waals surface area (Å²) in [5.41, 5.74) is 0.887. The number of ether oxygens (including phenoxy) is 1. The van der Waals surface area contributed by atoms with Crippen LogP contribution in [0.15, 0.2) is 23.3 Å². The largest absolute Gasteiger partial charge is 0.450 e. The molecular weight excluding hydrogens is 407 g/mol. The number of carbonyl (C=O) groups excluding carboxylic acids is 3. The van der Waals surface area contributed by atoms with Gasteiger partial charge in [0.2, 0.25) is 0 Å². The molecule has 4 aliphatic carbocycles. The van der Waals surface area contributed by atoms with Gasteiger partial charge < -0.3 is 4.74 Å². The molecule has 0 aromatic carbocycles. The molecule has 0 N–H and O–H groups in total. The van der Waals surface area contributed by atoms with Crippen molar-refractivity contribution in [2.75, 3.05) is 6.67 Å². The molecule has 32 heavy (non-hydrogen) atoms. The number of alkyl halides is 1. The van der Waals surface area contributed by atoms with E-state index in [1.54, 1.807) is 6.92 Å². The number of fused-ring (bicyclic) bond motifs is 5. The average molecular weight is 445 g/mol. The summed E-state index contributed by atoms with van der Waals surface area (Å²) in [7, 11) is 0. The summed E-state index contributed by atoms with van der Waals surface area (Å²) in [6.45, 7) is 7.70. The minimum Gasteiger partial charge on any atom is -0.450 e. The summed E-state index contributed by atoms with van der Waals surface area (Å²) in [4.78, 5) is 37.8. The van der Waals surface area contributed by atoms with Gasteiger partial charge in [-0.2, -0.15) is 0 Å². The van der Waals surface area contributed by atoms with Crippen LogP contribution in [0.4, 0.5) is 4.39 Å².